The van der Waals surface area contributed by atoms with Crippen LogP contribution in [0.1, 0.15) is 172 Å². The molecule has 10 rings (SSSR count). The smallest absolute Gasteiger partial charge is 0.461 e. The van der Waals surface area contributed by atoms with Crippen LogP contribution >= 0.6 is 23.2 Å². The monoisotopic (exact) mass is 1260 g/mol. The van der Waals surface area contributed by atoms with Crippen LogP contribution in [-0.2, 0) is 40.2 Å². The number of ether oxygens (including phenoxy) is 1. The molecule has 0 radical (unpaired) electrons. The molecule has 0 saturated heterocycles. The lowest BCUT2D eigenvalue weighted by Crippen LogP contribution is -2.33. The van der Waals surface area contributed by atoms with Crippen molar-refractivity contribution in [2.75, 3.05) is 13.0 Å². The normalized spacial score (nSPS) is 12.5. The molecular weight excluding hydrogens is 1190 g/mol. The van der Waals surface area contributed by atoms with E-state index >= 15 is 0 Å². The van der Waals surface area contributed by atoms with Gasteiger partial charge < -0.3 is 40.9 Å². The van der Waals surface area contributed by atoms with E-state index in [0.29, 0.717) is 22.9 Å². The van der Waals surface area contributed by atoms with E-state index in [1.807, 2.05) is 84.0 Å². The fraction of sp³-hybridized carbons (Fsp3) is 0.492. The molecule has 0 aliphatic heterocycles. The van der Waals surface area contributed by atoms with Crippen LogP contribution in [0.5, 0.6) is 5.75 Å². The SMILES string of the molecule is CC(C)(C)c1oncc1Cl.CC(C)(CCl)c1ccno1.CCC(C)(CC)c1ccno1.CCc1cnoc1C(C)(C)C.COc1ccc(-c2ccno2)cc1.Cc1cnoc1C(F)(F)F.Cc1cnoc1C1CC1.FC(F)(F)C(F)(F)c1ccno1. The van der Waals surface area contributed by atoms with Gasteiger partial charge in [0.25, 0.3) is 0 Å². The predicted octanol–water partition coefficient (Wildman–Crippen LogP) is 18.6. The van der Waals surface area contributed by atoms with Crippen molar-refractivity contribution in [3.8, 4) is 17.1 Å². The van der Waals surface area contributed by atoms with Crippen LogP contribution in [0.3, 0.4) is 0 Å². The van der Waals surface area contributed by atoms with Crippen molar-refractivity contribution in [2.45, 2.75) is 175 Å². The summed E-state index contributed by atoms with van der Waals surface area (Å²) in [5.74, 6) is 0.0567. The number of nitrogens with zero attached hydrogens (tertiary/aromatic N) is 8. The van der Waals surface area contributed by atoms with Crippen molar-refractivity contribution in [2.24, 2.45) is 0 Å². The molecular formula is C59H74Cl2F8N8O9. The van der Waals surface area contributed by atoms with Crippen LogP contribution in [0.4, 0.5) is 35.1 Å². The third-order valence-corrected chi connectivity index (χ3v) is 13.5. The summed E-state index contributed by atoms with van der Waals surface area (Å²) in [7, 11) is 1.64. The molecule has 0 unspecified atom stereocenters. The molecule has 1 aliphatic carbocycles. The Hall–Kier alpha value is -7.28. The van der Waals surface area contributed by atoms with E-state index < -0.39 is 29.8 Å². The number of aromatic nitrogens is 8. The van der Waals surface area contributed by atoms with E-state index in [2.05, 4.69) is 98.8 Å². The molecule has 86 heavy (non-hydrogen) atoms. The second kappa shape index (κ2) is 32.5. The number of rotatable bonds is 10. The zero-order valence-electron chi connectivity index (χ0n) is 50.6. The molecule has 474 valence electrons. The second-order valence-corrected chi connectivity index (χ2v) is 22.8. The van der Waals surface area contributed by atoms with Crippen LogP contribution in [-0.4, -0.2) is 60.4 Å². The summed E-state index contributed by atoms with van der Waals surface area (Å²) in [6, 6.07) is 13.7. The Kier molecular flexibility index (Phi) is 27.5. The first-order valence-corrected chi connectivity index (χ1v) is 27.8. The third-order valence-electron chi connectivity index (χ3n) is 12.6. The molecule has 0 bridgehead atoms. The highest BCUT2D eigenvalue weighted by Crippen LogP contribution is 2.44. The van der Waals surface area contributed by atoms with Crippen molar-refractivity contribution < 1.29 is 76.0 Å². The average molecular weight is 1260 g/mol. The maximum atomic E-state index is 12.2. The van der Waals surface area contributed by atoms with E-state index in [1.54, 1.807) is 38.1 Å². The van der Waals surface area contributed by atoms with Gasteiger partial charge >= 0.3 is 18.3 Å². The lowest BCUT2D eigenvalue weighted by Gasteiger charge is -2.22. The van der Waals surface area contributed by atoms with E-state index in [1.165, 1.54) is 37.1 Å². The third kappa shape index (κ3) is 22.5. The highest BCUT2D eigenvalue weighted by molar-refractivity contribution is 6.31. The van der Waals surface area contributed by atoms with Gasteiger partial charge in [-0.25, -0.2) is 0 Å². The van der Waals surface area contributed by atoms with Crippen LogP contribution in [0, 0.1) is 13.8 Å². The summed E-state index contributed by atoms with van der Waals surface area (Å²) < 4.78 is 137. The van der Waals surface area contributed by atoms with Crippen molar-refractivity contribution in [3.05, 3.63) is 160 Å². The number of alkyl halides is 9. The first-order chi connectivity index (χ1) is 40.1. The summed E-state index contributed by atoms with van der Waals surface area (Å²) in [5.41, 5.74) is 3.55. The van der Waals surface area contributed by atoms with Crippen LogP contribution < -0.4 is 4.74 Å². The van der Waals surface area contributed by atoms with E-state index in [-0.39, 0.29) is 27.2 Å². The van der Waals surface area contributed by atoms with Gasteiger partial charge in [0, 0.05) is 80.0 Å². The molecule has 1 aliphatic rings. The van der Waals surface area contributed by atoms with Gasteiger partial charge in [0.1, 0.15) is 33.8 Å². The summed E-state index contributed by atoms with van der Waals surface area (Å²) >= 11 is 11.5. The lowest BCUT2D eigenvalue weighted by molar-refractivity contribution is -0.296. The summed E-state index contributed by atoms with van der Waals surface area (Å²) in [6.45, 7) is 28.5. The zero-order chi connectivity index (χ0) is 64.7. The van der Waals surface area contributed by atoms with E-state index in [0.717, 1.165) is 77.5 Å². The van der Waals surface area contributed by atoms with Crippen molar-refractivity contribution >= 4 is 23.2 Å². The van der Waals surface area contributed by atoms with Gasteiger partial charge in [-0.2, -0.15) is 35.1 Å². The van der Waals surface area contributed by atoms with Crippen LogP contribution in [0.2, 0.25) is 5.02 Å². The Morgan fingerprint density at radius 2 is 0.988 bits per heavy atom. The number of halogens is 10. The molecule has 8 heterocycles. The maximum Gasteiger partial charge on any atom is 0.461 e. The van der Waals surface area contributed by atoms with Gasteiger partial charge in [-0.05, 0) is 70.2 Å². The largest absolute Gasteiger partial charge is 0.497 e. The maximum absolute atomic E-state index is 12.2. The summed E-state index contributed by atoms with van der Waals surface area (Å²) in [6.07, 6.45) is 7.52. The quantitative estimate of drug-likeness (QED) is 0.0918. The van der Waals surface area contributed by atoms with E-state index in [9.17, 15) is 35.1 Å². The van der Waals surface area contributed by atoms with Gasteiger partial charge in [-0.3, -0.25) is 0 Å². The number of hydrogen-bond donors (Lipinski definition) is 0. The Morgan fingerprint density at radius 3 is 1.33 bits per heavy atom. The molecule has 0 N–H and O–H groups in total. The zero-order valence-corrected chi connectivity index (χ0v) is 52.1. The Labute approximate surface area is 503 Å². The number of methoxy groups -OCH3 is 1. The predicted molar refractivity (Wildman–Crippen MR) is 304 cm³/mol. The number of aryl methyl sites for hydroxylation is 3. The molecule has 8 aromatic heterocycles. The van der Waals surface area contributed by atoms with Crippen LogP contribution in [0.25, 0.3) is 11.3 Å². The first kappa shape index (κ1) is 73.0. The lowest BCUT2D eigenvalue weighted by atomic mass is 9.82. The molecule has 1 saturated carbocycles. The molecule has 27 heteroatoms. The standard InChI is InChI=1S/C10H9NO2.2C9H15NO.2C7H10ClNO.C7H9NO.C5H2F5NO.C5H4F3NO/c1-12-9-4-2-8(3-5-9)10-6-7-11-13-10;1-5-7-6-10-11-8(7)9(2,3)4;1-4-9(3,5-2)8-6-7-10-11-8;1-7(2,3)6-5(8)4-9-10-6;1-7(2,5-8)6-3-4-9-10-6;1-5-4-8-9-7(5)6-2-3-6;6-4(7,5(8,9)10)3-1-2-11-12-3;1-3-2-9-10-4(3)5(6,7)8/h2-7H,1H3;6H,5H2,1-4H3;6-7H,4-5H2,1-3H3;4H,1-3H3;3-4H,5H2,1-2H3;4,6H,2-3H2,1H3;1-2H;2H,1H3. The van der Waals surface area contributed by atoms with Gasteiger partial charge in [-0.1, -0.05) is 136 Å². The van der Waals surface area contributed by atoms with Crippen molar-refractivity contribution in [3.63, 3.8) is 0 Å². The highest BCUT2D eigenvalue weighted by atomic mass is 35.5. The number of hydrogen-bond acceptors (Lipinski definition) is 17. The molecule has 0 atom stereocenters. The second-order valence-electron chi connectivity index (χ2n) is 22.1. The molecule has 1 aromatic carbocycles. The van der Waals surface area contributed by atoms with Gasteiger partial charge in [0.15, 0.2) is 11.5 Å². The molecule has 0 spiro atoms. The highest BCUT2D eigenvalue weighted by Gasteiger charge is 2.61. The molecule has 9 aromatic rings. The minimum absolute atomic E-state index is 0.00694. The average Bonchev–Trinajstić information content (AvgIpc) is 4.00. The molecule has 1 fully saturated rings. The fourth-order valence-corrected chi connectivity index (χ4v) is 7.34. The minimum atomic E-state index is -5.65. The Balaban J connectivity index is 0.000000258. The number of benzene rings is 1. The summed E-state index contributed by atoms with van der Waals surface area (Å²) in [5, 5.41) is 28.4. The molecule has 0 amide bonds. The molecule has 17 nitrogen and oxygen atoms in total. The van der Waals surface area contributed by atoms with Gasteiger partial charge in [0.05, 0.1) is 56.7 Å². The van der Waals surface area contributed by atoms with Crippen LogP contribution in [0.15, 0.2) is 134 Å². The first-order valence-electron chi connectivity index (χ1n) is 26.8. The van der Waals surface area contributed by atoms with Crippen molar-refractivity contribution in [1.82, 2.24) is 41.3 Å². The topological polar surface area (TPSA) is 217 Å². The Bertz CT molecular complexity index is 3160. The van der Waals surface area contributed by atoms with E-state index in [4.69, 9.17) is 55.1 Å². The van der Waals surface area contributed by atoms with Crippen molar-refractivity contribution in [1.29, 1.82) is 0 Å². The fourth-order valence-electron chi connectivity index (χ4n) is 6.85. The van der Waals surface area contributed by atoms with Gasteiger partial charge in [0.2, 0.25) is 11.5 Å². The van der Waals surface area contributed by atoms with Gasteiger partial charge in [-0.15, -0.1) is 11.6 Å². The Morgan fingerprint density at radius 1 is 0.523 bits per heavy atom. The minimum Gasteiger partial charge on any atom is -0.497 e. The summed E-state index contributed by atoms with van der Waals surface area (Å²) in [4.78, 5) is 0.